The lowest BCUT2D eigenvalue weighted by atomic mass is 10.1. The van der Waals surface area contributed by atoms with E-state index in [2.05, 4.69) is 28.9 Å². The first-order valence-corrected chi connectivity index (χ1v) is 8.60. The molecule has 0 saturated carbocycles. The fourth-order valence-electron chi connectivity index (χ4n) is 2.88. The number of carbonyl (C=O) groups excluding carboxylic acids is 1. The van der Waals surface area contributed by atoms with Gasteiger partial charge in [-0.2, -0.15) is 4.98 Å². The van der Waals surface area contributed by atoms with E-state index in [1.807, 2.05) is 0 Å². The van der Waals surface area contributed by atoms with Crippen LogP contribution in [0.4, 0.5) is 4.39 Å². The Bertz CT molecular complexity index is 706. The summed E-state index contributed by atoms with van der Waals surface area (Å²) in [6.07, 6.45) is 0.809. The second kappa shape index (κ2) is 7.74. The predicted octanol–water partition coefficient (Wildman–Crippen LogP) is 2.37. The number of carbonyl (C=O) groups is 1. The van der Waals surface area contributed by atoms with Crippen molar-refractivity contribution in [2.24, 2.45) is 5.92 Å². The minimum Gasteiger partial charge on any atom is -0.338 e. The Hall–Kier alpha value is -2.28. The van der Waals surface area contributed by atoms with Crippen LogP contribution in [-0.4, -0.2) is 52.0 Å². The molecule has 0 bridgehead atoms. The normalized spacial score (nSPS) is 15.8. The Morgan fingerprint density at radius 3 is 2.52 bits per heavy atom. The quantitative estimate of drug-likeness (QED) is 0.832. The molecule has 1 aliphatic rings. The van der Waals surface area contributed by atoms with Crippen molar-refractivity contribution in [1.29, 1.82) is 0 Å². The zero-order valence-corrected chi connectivity index (χ0v) is 14.6. The van der Waals surface area contributed by atoms with Gasteiger partial charge in [0, 0.05) is 38.2 Å². The van der Waals surface area contributed by atoms with Crippen LogP contribution in [0, 0.1) is 11.7 Å². The Morgan fingerprint density at radius 2 is 1.88 bits per heavy atom. The van der Waals surface area contributed by atoms with Gasteiger partial charge in [0.15, 0.2) is 5.82 Å². The van der Waals surface area contributed by atoms with Crippen LogP contribution in [0.1, 0.15) is 35.9 Å². The van der Waals surface area contributed by atoms with E-state index in [0.29, 0.717) is 37.0 Å². The molecular weight excluding hydrogens is 323 g/mol. The van der Waals surface area contributed by atoms with Crippen molar-refractivity contribution in [3.63, 3.8) is 0 Å². The lowest BCUT2D eigenvalue weighted by Crippen LogP contribution is -2.48. The second-order valence-corrected chi connectivity index (χ2v) is 6.78. The minimum absolute atomic E-state index is 0.0586. The number of benzene rings is 1. The summed E-state index contributed by atoms with van der Waals surface area (Å²) in [4.78, 5) is 20.8. The number of nitrogens with zero attached hydrogens (tertiary/aromatic N) is 4. The number of halogens is 1. The van der Waals surface area contributed by atoms with Gasteiger partial charge in [0.2, 0.25) is 5.89 Å². The van der Waals surface area contributed by atoms with Gasteiger partial charge in [-0.3, -0.25) is 9.69 Å². The van der Waals surface area contributed by atoms with Crippen LogP contribution in [0.3, 0.4) is 0 Å². The van der Waals surface area contributed by atoms with E-state index in [-0.39, 0.29) is 11.7 Å². The molecule has 0 N–H and O–H groups in total. The number of amides is 1. The van der Waals surface area contributed by atoms with Crippen LogP contribution in [0.15, 0.2) is 28.8 Å². The van der Waals surface area contributed by atoms with E-state index in [1.54, 1.807) is 4.90 Å². The van der Waals surface area contributed by atoms with Gasteiger partial charge in [0.1, 0.15) is 5.82 Å². The third-order valence-electron chi connectivity index (χ3n) is 4.21. The van der Waals surface area contributed by atoms with Crippen molar-refractivity contribution in [2.75, 3.05) is 26.2 Å². The second-order valence-electron chi connectivity index (χ2n) is 6.78. The molecule has 3 rings (SSSR count). The highest BCUT2D eigenvalue weighted by Crippen LogP contribution is 2.12. The van der Waals surface area contributed by atoms with E-state index < -0.39 is 0 Å². The standard InChI is InChI=1S/C18H23FN4O2/c1-13(2)11-16-20-17(25-21-16)12-22-7-9-23(10-8-22)18(24)14-3-5-15(19)6-4-14/h3-6,13H,7-12H2,1-2H3. The number of rotatable bonds is 5. The molecule has 1 aromatic heterocycles. The van der Waals surface area contributed by atoms with Gasteiger partial charge < -0.3 is 9.42 Å². The Balaban J connectivity index is 1.50. The van der Waals surface area contributed by atoms with Gasteiger partial charge in [-0.05, 0) is 30.2 Å². The summed E-state index contributed by atoms with van der Waals surface area (Å²) >= 11 is 0. The molecule has 2 heterocycles. The molecule has 6 nitrogen and oxygen atoms in total. The van der Waals surface area contributed by atoms with Crippen molar-refractivity contribution in [3.8, 4) is 0 Å². The maximum Gasteiger partial charge on any atom is 0.253 e. The first kappa shape index (κ1) is 17.5. The minimum atomic E-state index is -0.335. The number of aromatic nitrogens is 2. The Morgan fingerprint density at radius 1 is 1.20 bits per heavy atom. The first-order chi connectivity index (χ1) is 12.0. The molecule has 1 aromatic carbocycles. The zero-order chi connectivity index (χ0) is 17.8. The lowest BCUT2D eigenvalue weighted by molar-refractivity contribution is 0.0615. The van der Waals surface area contributed by atoms with Gasteiger partial charge in [0.05, 0.1) is 6.54 Å². The molecule has 134 valence electrons. The van der Waals surface area contributed by atoms with Gasteiger partial charge in [-0.1, -0.05) is 19.0 Å². The molecule has 0 aliphatic carbocycles. The summed E-state index contributed by atoms with van der Waals surface area (Å²) in [7, 11) is 0. The molecular formula is C18H23FN4O2. The summed E-state index contributed by atoms with van der Waals surface area (Å²) in [5.41, 5.74) is 0.519. The van der Waals surface area contributed by atoms with Crippen LogP contribution in [0.25, 0.3) is 0 Å². The third kappa shape index (κ3) is 4.63. The van der Waals surface area contributed by atoms with Crippen molar-refractivity contribution < 1.29 is 13.7 Å². The van der Waals surface area contributed by atoms with Crippen molar-refractivity contribution >= 4 is 5.91 Å². The van der Waals surface area contributed by atoms with Crippen LogP contribution in [0.2, 0.25) is 0 Å². The highest BCUT2D eigenvalue weighted by atomic mass is 19.1. The molecule has 2 aromatic rings. The monoisotopic (exact) mass is 346 g/mol. The number of hydrogen-bond donors (Lipinski definition) is 0. The molecule has 0 radical (unpaired) electrons. The molecule has 0 atom stereocenters. The van der Waals surface area contributed by atoms with E-state index in [9.17, 15) is 9.18 Å². The highest BCUT2D eigenvalue weighted by Gasteiger charge is 2.23. The van der Waals surface area contributed by atoms with Crippen molar-refractivity contribution in [1.82, 2.24) is 19.9 Å². The molecule has 1 amide bonds. The summed E-state index contributed by atoms with van der Waals surface area (Å²) in [5, 5.41) is 4.00. The maximum atomic E-state index is 13.0. The lowest BCUT2D eigenvalue weighted by Gasteiger charge is -2.34. The third-order valence-corrected chi connectivity index (χ3v) is 4.21. The zero-order valence-electron chi connectivity index (χ0n) is 14.6. The van der Waals surface area contributed by atoms with Crippen LogP contribution < -0.4 is 0 Å². The molecule has 1 saturated heterocycles. The topological polar surface area (TPSA) is 62.5 Å². The highest BCUT2D eigenvalue weighted by molar-refractivity contribution is 5.94. The average molecular weight is 346 g/mol. The van der Waals surface area contributed by atoms with E-state index >= 15 is 0 Å². The van der Waals surface area contributed by atoms with Gasteiger partial charge in [-0.25, -0.2) is 4.39 Å². The molecule has 0 spiro atoms. The predicted molar refractivity (Wildman–Crippen MR) is 90.4 cm³/mol. The van der Waals surface area contributed by atoms with Crippen LogP contribution in [0.5, 0.6) is 0 Å². The van der Waals surface area contributed by atoms with Crippen molar-refractivity contribution in [3.05, 3.63) is 47.4 Å². The molecule has 1 aliphatic heterocycles. The average Bonchev–Trinajstić information content (AvgIpc) is 3.02. The Kier molecular flexibility index (Phi) is 5.43. The maximum absolute atomic E-state index is 13.0. The Labute approximate surface area is 146 Å². The first-order valence-electron chi connectivity index (χ1n) is 8.60. The van der Waals surface area contributed by atoms with Gasteiger partial charge in [0.25, 0.3) is 5.91 Å². The van der Waals surface area contributed by atoms with Gasteiger partial charge >= 0.3 is 0 Å². The van der Waals surface area contributed by atoms with Crippen LogP contribution >= 0.6 is 0 Å². The molecule has 7 heteroatoms. The summed E-state index contributed by atoms with van der Waals surface area (Å²) in [6, 6.07) is 5.68. The number of hydrogen-bond acceptors (Lipinski definition) is 5. The SMILES string of the molecule is CC(C)Cc1noc(CN2CCN(C(=O)c3ccc(F)cc3)CC2)n1. The van der Waals surface area contributed by atoms with E-state index in [4.69, 9.17) is 4.52 Å². The fourth-order valence-corrected chi connectivity index (χ4v) is 2.88. The van der Waals surface area contributed by atoms with E-state index in [1.165, 1.54) is 24.3 Å². The summed E-state index contributed by atoms with van der Waals surface area (Å²) in [5.74, 6) is 1.46. The van der Waals surface area contributed by atoms with E-state index in [0.717, 1.165) is 25.3 Å². The number of piperazine rings is 1. The molecule has 1 fully saturated rings. The fraction of sp³-hybridized carbons (Fsp3) is 0.500. The van der Waals surface area contributed by atoms with Crippen molar-refractivity contribution in [2.45, 2.75) is 26.8 Å². The molecule has 0 unspecified atom stereocenters. The largest absolute Gasteiger partial charge is 0.338 e. The van der Waals surface area contributed by atoms with Crippen LogP contribution in [-0.2, 0) is 13.0 Å². The summed E-state index contributed by atoms with van der Waals surface area (Å²) < 4.78 is 18.3. The van der Waals surface area contributed by atoms with Gasteiger partial charge in [-0.15, -0.1) is 0 Å². The summed E-state index contributed by atoms with van der Waals surface area (Å²) in [6.45, 7) is 7.58. The molecule has 25 heavy (non-hydrogen) atoms. The smallest absolute Gasteiger partial charge is 0.253 e.